The zero-order chi connectivity index (χ0) is 15.1. The maximum Gasteiger partial charge on any atom is 0.325 e. The lowest BCUT2D eigenvalue weighted by molar-refractivity contribution is -0.139. The minimum absolute atomic E-state index is 0.172. The molecular formula is C15H14N2O4. The van der Waals surface area contributed by atoms with Gasteiger partial charge in [0.25, 0.3) is 5.91 Å². The average molecular weight is 286 g/mol. The van der Waals surface area contributed by atoms with E-state index in [0.29, 0.717) is 5.75 Å². The first-order valence-corrected chi connectivity index (χ1v) is 6.23. The molecule has 0 spiro atoms. The topological polar surface area (TPSA) is 77.5 Å². The molecule has 21 heavy (non-hydrogen) atoms. The molecule has 0 saturated heterocycles. The number of nitrogens with zero attached hydrogens (tertiary/aromatic N) is 1. The quantitative estimate of drug-likeness (QED) is 0.848. The van der Waals surface area contributed by atoms with Crippen molar-refractivity contribution in [3.63, 3.8) is 0 Å². The Morgan fingerprint density at radius 1 is 1.14 bits per heavy atom. The molecule has 1 N–H and O–H groups in total. The highest BCUT2D eigenvalue weighted by Gasteiger charge is 2.15. The van der Waals surface area contributed by atoms with Crippen molar-refractivity contribution in [3.05, 3.63) is 54.2 Å². The van der Waals surface area contributed by atoms with Crippen LogP contribution in [-0.2, 0) is 9.53 Å². The van der Waals surface area contributed by atoms with Gasteiger partial charge < -0.3 is 14.8 Å². The number of pyridine rings is 1. The Morgan fingerprint density at radius 2 is 1.90 bits per heavy atom. The molecule has 0 unspecified atom stereocenters. The summed E-state index contributed by atoms with van der Waals surface area (Å²) in [7, 11) is 1.25. The third-order valence-electron chi connectivity index (χ3n) is 2.59. The predicted molar refractivity (Wildman–Crippen MR) is 75.1 cm³/mol. The molecule has 2 aromatic rings. The summed E-state index contributed by atoms with van der Waals surface area (Å²) in [5, 5.41) is 2.44. The molecule has 108 valence electrons. The van der Waals surface area contributed by atoms with Crippen molar-refractivity contribution in [1.29, 1.82) is 0 Å². The van der Waals surface area contributed by atoms with Crippen molar-refractivity contribution < 1.29 is 19.1 Å². The molecule has 0 atom stereocenters. The third kappa shape index (κ3) is 4.04. The standard InChI is InChI=1S/C15H14N2O4/c1-20-13(18)10-17-14(19)12-8-5-9-16-15(12)21-11-6-3-2-4-7-11/h2-9H,10H2,1H3,(H,17,19). The van der Waals surface area contributed by atoms with Crippen LogP contribution in [0.3, 0.4) is 0 Å². The summed E-state index contributed by atoms with van der Waals surface area (Å²) in [5.74, 6) is -0.249. The van der Waals surface area contributed by atoms with E-state index in [4.69, 9.17) is 4.74 Å². The second-order valence-electron chi connectivity index (χ2n) is 4.03. The number of hydrogen-bond acceptors (Lipinski definition) is 5. The summed E-state index contributed by atoms with van der Waals surface area (Å²) >= 11 is 0. The van der Waals surface area contributed by atoms with Gasteiger partial charge in [-0.2, -0.15) is 0 Å². The molecule has 1 heterocycles. The van der Waals surface area contributed by atoms with Gasteiger partial charge in [0.15, 0.2) is 0 Å². The molecule has 1 amide bonds. The Hall–Kier alpha value is -2.89. The number of hydrogen-bond donors (Lipinski definition) is 1. The summed E-state index contributed by atoms with van der Waals surface area (Å²) in [4.78, 5) is 27.1. The Labute approximate surface area is 121 Å². The number of nitrogens with one attached hydrogen (secondary N) is 1. The van der Waals surface area contributed by atoms with Crippen LogP contribution in [0.4, 0.5) is 0 Å². The fourth-order valence-corrected chi connectivity index (χ4v) is 1.56. The van der Waals surface area contributed by atoms with Gasteiger partial charge in [-0.15, -0.1) is 0 Å². The Balaban J connectivity index is 2.13. The van der Waals surface area contributed by atoms with E-state index in [1.807, 2.05) is 18.2 Å². The van der Waals surface area contributed by atoms with E-state index in [2.05, 4.69) is 15.0 Å². The zero-order valence-electron chi connectivity index (χ0n) is 11.4. The lowest BCUT2D eigenvalue weighted by atomic mass is 10.2. The lowest BCUT2D eigenvalue weighted by Gasteiger charge is -2.09. The fraction of sp³-hybridized carbons (Fsp3) is 0.133. The van der Waals surface area contributed by atoms with E-state index in [1.165, 1.54) is 13.3 Å². The summed E-state index contributed by atoms with van der Waals surface area (Å²) in [5.41, 5.74) is 0.241. The van der Waals surface area contributed by atoms with E-state index in [9.17, 15) is 9.59 Å². The highest BCUT2D eigenvalue weighted by atomic mass is 16.5. The van der Waals surface area contributed by atoms with E-state index in [-0.39, 0.29) is 18.0 Å². The van der Waals surface area contributed by atoms with Crippen LogP contribution >= 0.6 is 0 Å². The first kappa shape index (κ1) is 14.5. The molecule has 0 fully saturated rings. The van der Waals surface area contributed by atoms with Crippen LogP contribution in [0.1, 0.15) is 10.4 Å². The van der Waals surface area contributed by atoms with Gasteiger partial charge >= 0.3 is 5.97 Å². The summed E-state index contributed by atoms with van der Waals surface area (Å²) in [6.07, 6.45) is 1.52. The van der Waals surface area contributed by atoms with Crippen LogP contribution in [0.25, 0.3) is 0 Å². The lowest BCUT2D eigenvalue weighted by Crippen LogP contribution is -2.30. The van der Waals surface area contributed by atoms with E-state index >= 15 is 0 Å². The highest BCUT2D eigenvalue weighted by Crippen LogP contribution is 2.22. The number of aromatic nitrogens is 1. The highest BCUT2D eigenvalue weighted by molar-refractivity contribution is 5.97. The van der Waals surface area contributed by atoms with Crippen molar-refractivity contribution in [1.82, 2.24) is 10.3 Å². The van der Waals surface area contributed by atoms with Crippen LogP contribution in [0.15, 0.2) is 48.7 Å². The average Bonchev–Trinajstić information content (AvgIpc) is 2.53. The number of carbonyl (C=O) groups is 2. The van der Waals surface area contributed by atoms with Gasteiger partial charge in [-0.25, -0.2) is 4.98 Å². The number of amides is 1. The molecule has 1 aromatic heterocycles. The van der Waals surface area contributed by atoms with Crippen LogP contribution in [0, 0.1) is 0 Å². The molecule has 0 aliphatic carbocycles. The number of carbonyl (C=O) groups excluding carboxylic acids is 2. The molecule has 0 radical (unpaired) electrons. The van der Waals surface area contributed by atoms with Crippen LogP contribution in [0.2, 0.25) is 0 Å². The summed E-state index contributed by atoms with van der Waals surface area (Å²) in [6, 6.07) is 12.2. The first-order valence-electron chi connectivity index (χ1n) is 6.23. The normalized spacial score (nSPS) is 9.76. The number of para-hydroxylation sites is 1. The number of benzene rings is 1. The molecule has 0 saturated carbocycles. The smallest absolute Gasteiger partial charge is 0.325 e. The van der Waals surface area contributed by atoms with Crippen molar-refractivity contribution >= 4 is 11.9 Å². The van der Waals surface area contributed by atoms with Crippen LogP contribution in [0.5, 0.6) is 11.6 Å². The molecule has 6 heteroatoms. The monoisotopic (exact) mass is 286 g/mol. The number of methoxy groups -OCH3 is 1. The summed E-state index contributed by atoms with van der Waals surface area (Å²) < 4.78 is 10.0. The maximum absolute atomic E-state index is 12.0. The Kier molecular flexibility index (Phi) is 4.87. The number of rotatable bonds is 5. The van der Waals surface area contributed by atoms with Gasteiger partial charge in [0.1, 0.15) is 17.9 Å². The number of esters is 1. The van der Waals surface area contributed by atoms with E-state index in [1.54, 1.807) is 24.3 Å². The molecule has 6 nitrogen and oxygen atoms in total. The maximum atomic E-state index is 12.0. The van der Waals surface area contributed by atoms with Gasteiger partial charge in [-0.3, -0.25) is 9.59 Å². The van der Waals surface area contributed by atoms with Gasteiger partial charge in [0.2, 0.25) is 5.88 Å². The van der Waals surface area contributed by atoms with E-state index in [0.717, 1.165) is 0 Å². The fourth-order valence-electron chi connectivity index (χ4n) is 1.56. The SMILES string of the molecule is COC(=O)CNC(=O)c1cccnc1Oc1ccccc1. The van der Waals surface area contributed by atoms with Gasteiger partial charge in [-0.05, 0) is 24.3 Å². The second kappa shape index (κ2) is 7.04. The van der Waals surface area contributed by atoms with Gasteiger partial charge in [0.05, 0.1) is 7.11 Å². The summed E-state index contributed by atoms with van der Waals surface area (Å²) in [6.45, 7) is -0.213. The minimum atomic E-state index is -0.530. The van der Waals surface area contributed by atoms with Crippen LogP contribution in [-0.4, -0.2) is 30.5 Å². The Morgan fingerprint density at radius 3 is 2.62 bits per heavy atom. The van der Waals surface area contributed by atoms with Crippen molar-refractivity contribution in [3.8, 4) is 11.6 Å². The largest absolute Gasteiger partial charge is 0.468 e. The zero-order valence-corrected chi connectivity index (χ0v) is 11.4. The Bertz CT molecular complexity index is 629. The molecule has 0 aliphatic heterocycles. The third-order valence-corrected chi connectivity index (χ3v) is 2.59. The van der Waals surface area contributed by atoms with E-state index < -0.39 is 11.9 Å². The molecular weight excluding hydrogens is 272 g/mol. The second-order valence-corrected chi connectivity index (χ2v) is 4.03. The van der Waals surface area contributed by atoms with Gasteiger partial charge in [0, 0.05) is 6.20 Å². The number of ether oxygens (including phenoxy) is 2. The van der Waals surface area contributed by atoms with Crippen LogP contribution < -0.4 is 10.1 Å². The van der Waals surface area contributed by atoms with Crippen molar-refractivity contribution in [2.45, 2.75) is 0 Å². The first-order chi connectivity index (χ1) is 10.2. The van der Waals surface area contributed by atoms with Crippen molar-refractivity contribution in [2.24, 2.45) is 0 Å². The van der Waals surface area contributed by atoms with Gasteiger partial charge in [-0.1, -0.05) is 18.2 Å². The minimum Gasteiger partial charge on any atom is -0.468 e. The predicted octanol–water partition coefficient (Wildman–Crippen LogP) is 1.78. The molecule has 0 aliphatic rings. The molecule has 2 rings (SSSR count). The van der Waals surface area contributed by atoms with Crippen molar-refractivity contribution in [2.75, 3.05) is 13.7 Å². The molecule has 0 bridgehead atoms. The molecule has 1 aromatic carbocycles.